The topological polar surface area (TPSA) is 84.5 Å². The van der Waals surface area contributed by atoms with E-state index in [1.165, 1.54) is 0 Å². The maximum atomic E-state index is 12.3. The Bertz CT molecular complexity index is 382. The average molecular weight is 251 g/mol. The standard InChI is InChI=1S/C13H21N3O2/c1-9(8-14)10-15-11(17)13(12(18)16-10)6-4-2-3-5-7-13/h9H,2-8,14H2,1H3,(H,15,16,17,18). The van der Waals surface area contributed by atoms with E-state index in [9.17, 15) is 9.59 Å². The molecule has 5 nitrogen and oxygen atoms in total. The summed E-state index contributed by atoms with van der Waals surface area (Å²) in [6, 6.07) is 0. The minimum atomic E-state index is -0.895. The highest BCUT2D eigenvalue weighted by Gasteiger charge is 2.48. The maximum absolute atomic E-state index is 12.3. The summed E-state index contributed by atoms with van der Waals surface area (Å²) in [6.07, 6.45) is 5.31. The zero-order valence-electron chi connectivity index (χ0n) is 10.9. The molecule has 1 spiro atoms. The third-order valence-electron chi connectivity index (χ3n) is 4.09. The Hall–Kier alpha value is -1.23. The van der Waals surface area contributed by atoms with E-state index in [4.69, 9.17) is 5.73 Å². The van der Waals surface area contributed by atoms with Crippen molar-refractivity contribution in [1.82, 2.24) is 5.32 Å². The second-order valence-electron chi connectivity index (χ2n) is 5.39. The summed E-state index contributed by atoms with van der Waals surface area (Å²) in [4.78, 5) is 28.7. The average Bonchev–Trinajstić information content (AvgIpc) is 2.61. The van der Waals surface area contributed by atoms with Gasteiger partial charge in [0.05, 0.1) is 0 Å². The van der Waals surface area contributed by atoms with Crippen LogP contribution in [0.2, 0.25) is 0 Å². The molecular formula is C13H21N3O2. The fourth-order valence-corrected chi connectivity index (χ4v) is 2.70. The molecule has 0 radical (unpaired) electrons. The molecule has 1 heterocycles. The molecule has 1 aliphatic heterocycles. The van der Waals surface area contributed by atoms with Crippen molar-refractivity contribution in [3.63, 3.8) is 0 Å². The Morgan fingerprint density at radius 3 is 2.39 bits per heavy atom. The van der Waals surface area contributed by atoms with Crippen LogP contribution < -0.4 is 11.1 Å². The SMILES string of the molecule is CC(CN)C1=NC(=O)C2(CCCCCC2)C(=O)N1. The lowest BCUT2D eigenvalue weighted by Gasteiger charge is -2.32. The lowest BCUT2D eigenvalue weighted by Crippen LogP contribution is -2.54. The third-order valence-corrected chi connectivity index (χ3v) is 4.09. The van der Waals surface area contributed by atoms with Crippen LogP contribution in [0.3, 0.4) is 0 Å². The fourth-order valence-electron chi connectivity index (χ4n) is 2.70. The predicted octanol–water partition coefficient (Wildman–Crippen LogP) is 0.977. The molecule has 2 rings (SSSR count). The van der Waals surface area contributed by atoms with Gasteiger partial charge in [-0.2, -0.15) is 4.99 Å². The van der Waals surface area contributed by atoms with Gasteiger partial charge in [0.2, 0.25) is 5.91 Å². The Morgan fingerprint density at radius 1 is 1.28 bits per heavy atom. The van der Waals surface area contributed by atoms with Crippen molar-refractivity contribution in [2.45, 2.75) is 45.4 Å². The molecule has 1 saturated carbocycles. The Balaban J connectivity index is 2.27. The van der Waals surface area contributed by atoms with Crippen molar-refractivity contribution in [3.8, 4) is 0 Å². The normalized spacial score (nSPS) is 25.3. The molecule has 0 aromatic carbocycles. The van der Waals surface area contributed by atoms with Gasteiger partial charge in [-0.05, 0) is 12.8 Å². The summed E-state index contributed by atoms with van der Waals surface area (Å²) < 4.78 is 0. The molecule has 1 fully saturated rings. The van der Waals surface area contributed by atoms with Crippen molar-refractivity contribution < 1.29 is 9.59 Å². The zero-order valence-corrected chi connectivity index (χ0v) is 10.9. The summed E-state index contributed by atoms with van der Waals surface area (Å²) in [5.74, 6) is -0.0773. The van der Waals surface area contributed by atoms with Gasteiger partial charge in [0.1, 0.15) is 11.3 Å². The van der Waals surface area contributed by atoms with Crippen LogP contribution in [0.25, 0.3) is 0 Å². The van der Waals surface area contributed by atoms with Gasteiger partial charge in [-0.1, -0.05) is 32.6 Å². The lowest BCUT2D eigenvalue weighted by atomic mass is 9.77. The number of carbonyl (C=O) groups excluding carboxylic acids is 2. The van der Waals surface area contributed by atoms with Crippen molar-refractivity contribution in [1.29, 1.82) is 0 Å². The number of aliphatic imine (C=N–C) groups is 1. The van der Waals surface area contributed by atoms with E-state index in [-0.39, 0.29) is 17.7 Å². The number of nitrogens with one attached hydrogen (secondary N) is 1. The number of carbonyl (C=O) groups is 2. The van der Waals surface area contributed by atoms with E-state index in [0.717, 1.165) is 25.7 Å². The second kappa shape index (κ2) is 5.18. The molecule has 1 aliphatic carbocycles. The molecule has 0 saturated heterocycles. The summed E-state index contributed by atoms with van der Waals surface area (Å²) in [7, 11) is 0. The summed E-state index contributed by atoms with van der Waals surface area (Å²) in [6.45, 7) is 2.23. The molecule has 5 heteroatoms. The van der Waals surface area contributed by atoms with Crippen molar-refractivity contribution in [3.05, 3.63) is 0 Å². The first-order chi connectivity index (χ1) is 8.60. The van der Waals surface area contributed by atoms with Crippen molar-refractivity contribution in [2.24, 2.45) is 22.1 Å². The van der Waals surface area contributed by atoms with Gasteiger partial charge in [-0.25, -0.2) is 0 Å². The number of hydrogen-bond acceptors (Lipinski definition) is 3. The Labute approximate surface area is 107 Å². The third kappa shape index (κ3) is 2.19. The summed E-state index contributed by atoms with van der Waals surface area (Å²) in [5, 5.41) is 2.80. The molecule has 3 N–H and O–H groups in total. The minimum absolute atomic E-state index is 0.0824. The van der Waals surface area contributed by atoms with Crippen LogP contribution in [0.4, 0.5) is 0 Å². The first-order valence-electron chi connectivity index (χ1n) is 6.75. The van der Waals surface area contributed by atoms with Gasteiger partial charge in [0.15, 0.2) is 0 Å². The van der Waals surface area contributed by atoms with E-state index in [2.05, 4.69) is 10.3 Å². The van der Waals surface area contributed by atoms with Gasteiger partial charge in [0.25, 0.3) is 5.91 Å². The zero-order chi connectivity index (χ0) is 13.2. The highest BCUT2D eigenvalue weighted by atomic mass is 16.2. The molecule has 1 atom stereocenters. The van der Waals surface area contributed by atoms with Crippen LogP contribution in [0.1, 0.15) is 45.4 Å². The predicted molar refractivity (Wildman–Crippen MR) is 68.9 cm³/mol. The van der Waals surface area contributed by atoms with E-state index in [1.54, 1.807) is 0 Å². The summed E-state index contributed by atoms with van der Waals surface area (Å²) in [5.41, 5.74) is 4.65. The Morgan fingerprint density at radius 2 is 1.89 bits per heavy atom. The Kier molecular flexibility index (Phi) is 3.80. The minimum Gasteiger partial charge on any atom is -0.330 e. The summed E-state index contributed by atoms with van der Waals surface area (Å²) >= 11 is 0. The van der Waals surface area contributed by atoms with Crippen molar-refractivity contribution >= 4 is 17.6 Å². The largest absolute Gasteiger partial charge is 0.330 e. The molecule has 100 valence electrons. The first kappa shape index (κ1) is 13.2. The number of amides is 2. The maximum Gasteiger partial charge on any atom is 0.263 e. The van der Waals surface area contributed by atoms with Gasteiger partial charge < -0.3 is 11.1 Å². The smallest absolute Gasteiger partial charge is 0.263 e. The van der Waals surface area contributed by atoms with Crippen LogP contribution in [0.15, 0.2) is 4.99 Å². The van der Waals surface area contributed by atoms with Crippen LogP contribution in [0, 0.1) is 11.3 Å². The molecule has 0 aromatic heterocycles. The first-order valence-corrected chi connectivity index (χ1v) is 6.75. The van der Waals surface area contributed by atoms with Crippen LogP contribution in [0.5, 0.6) is 0 Å². The number of hydrogen-bond donors (Lipinski definition) is 2. The van der Waals surface area contributed by atoms with E-state index in [0.29, 0.717) is 25.2 Å². The quantitative estimate of drug-likeness (QED) is 0.717. The molecule has 2 aliphatic rings. The van der Waals surface area contributed by atoms with Crippen LogP contribution in [-0.2, 0) is 9.59 Å². The second-order valence-corrected chi connectivity index (χ2v) is 5.39. The number of rotatable bonds is 2. The highest BCUT2D eigenvalue weighted by Crippen LogP contribution is 2.38. The monoisotopic (exact) mass is 251 g/mol. The molecule has 18 heavy (non-hydrogen) atoms. The molecule has 0 bridgehead atoms. The van der Waals surface area contributed by atoms with Gasteiger partial charge >= 0.3 is 0 Å². The van der Waals surface area contributed by atoms with E-state index < -0.39 is 5.41 Å². The van der Waals surface area contributed by atoms with Crippen LogP contribution in [-0.4, -0.2) is 24.2 Å². The van der Waals surface area contributed by atoms with Gasteiger partial charge in [-0.15, -0.1) is 0 Å². The number of amidine groups is 1. The fraction of sp³-hybridized carbons (Fsp3) is 0.769. The molecular weight excluding hydrogens is 230 g/mol. The number of nitrogens with zero attached hydrogens (tertiary/aromatic N) is 1. The van der Waals surface area contributed by atoms with Gasteiger partial charge in [0, 0.05) is 12.5 Å². The lowest BCUT2D eigenvalue weighted by molar-refractivity contribution is -0.142. The van der Waals surface area contributed by atoms with Crippen LogP contribution >= 0.6 is 0 Å². The van der Waals surface area contributed by atoms with Gasteiger partial charge in [-0.3, -0.25) is 9.59 Å². The van der Waals surface area contributed by atoms with E-state index in [1.807, 2.05) is 6.92 Å². The molecule has 0 aromatic rings. The van der Waals surface area contributed by atoms with Crippen molar-refractivity contribution in [2.75, 3.05) is 6.54 Å². The molecule has 1 unspecified atom stereocenters. The molecule has 2 amide bonds. The van der Waals surface area contributed by atoms with E-state index >= 15 is 0 Å². The number of nitrogens with two attached hydrogens (primary N) is 1. The highest BCUT2D eigenvalue weighted by molar-refractivity contribution is 6.19.